The fraction of sp³-hybridized carbons (Fsp3) is 0.455. The molecule has 1 saturated heterocycles. The molecule has 17 heavy (non-hydrogen) atoms. The lowest BCUT2D eigenvalue weighted by Crippen LogP contribution is -2.42. The average molecular weight is 273 g/mol. The van der Waals surface area contributed by atoms with Gasteiger partial charge in [-0.2, -0.15) is 0 Å². The van der Waals surface area contributed by atoms with Crippen molar-refractivity contribution in [2.24, 2.45) is 0 Å². The molecule has 92 valence electrons. The van der Waals surface area contributed by atoms with Gasteiger partial charge in [0.05, 0.1) is 10.4 Å². The van der Waals surface area contributed by atoms with Crippen molar-refractivity contribution in [2.75, 3.05) is 0 Å². The molecule has 2 rings (SSSR count). The van der Waals surface area contributed by atoms with Crippen molar-refractivity contribution in [1.29, 1.82) is 0 Å². The number of carbonyl (C=O) groups excluding carboxylic acids is 2. The quantitative estimate of drug-likeness (QED) is 0.882. The number of halogens is 1. The van der Waals surface area contributed by atoms with Crippen molar-refractivity contribution in [1.82, 2.24) is 10.6 Å². The number of thiophene rings is 1. The van der Waals surface area contributed by atoms with Crippen LogP contribution < -0.4 is 10.6 Å². The Morgan fingerprint density at radius 1 is 1.65 bits per heavy atom. The Kier molecular flexibility index (Phi) is 3.69. The van der Waals surface area contributed by atoms with Crippen LogP contribution in [0.2, 0.25) is 4.34 Å². The first kappa shape index (κ1) is 12.4. The molecule has 0 aromatic carbocycles. The van der Waals surface area contributed by atoms with Crippen LogP contribution >= 0.6 is 22.9 Å². The van der Waals surface area contributed by atoms with Crippen molar-refractivity contribution in [3.05, 3.63) is 21.3 Å². The second-order valence-corrected chi connectivity index (χ2v) is 5.78. The van der Waals surface area contributed by atoms with E-state index in [1.54, 1.807) is 0 Å². The Labute approximate surface area is 108 Å². The van der Waals surface area contributed by atoms with Crippen LogP contribution in [0.15, 0.2) is 12.1 Å². The molecule has 1 aliphatic rings. The number of hydrogen-bond acceptors (Lipinski definition) is 3. The summed E-state index contributed by atoms with van der Waals surface area (Å²) >= 11 is 7.28. The van der Waals surface area contributed by atoms with Gasteiger partial charge in [-0.15, -0.1) is 11.3 Å². The third-order valence-corrected chi connectivity index (χ3v) is 4.11. The molecule has 0 saturated carbocycles. The van der Waals surface area contributed by atoms with Gasteiger partial charge in [0, 0.05) is 11.3 Å². The fourth-order valence-electron chi connectivity index (χ4n) is 1.76. The maximum Gasteiger partial charge on any atom is 0.243 e. The summed E-state index contributed by atoms with van der Waals surface area (Å²) in [7, 11) is 0. The zero-order valence-corrected chi connectivity index (χ0v) is 10.9. The maximum absolute atomic E-state index is 11.8. The molecule has 0 bridgehead atoms. The van der Waals surface area contributed by atoms with Crippen molar-refractivity contribution < 1.29 is 9.59 Å². The van der Waals surface area contributed by atoms with E-state index in [0.29, 0.717) is 17.2 Å². The van der Waals surface area contributed by atoms with Crippen LogP contribution in [0.25, 0.3) is 0 Å². The lowest BCUT2D eigenvalue weighted by atomic mass is 10.2. The second kappa shape index (κ2) is 5.06. The monoisotopic (exact) mass is 272 g/mol. The Morgan fingerprint density at radius 3 is 2.94 bits per heavy atom. The maximum atomic E-state index is 11.8. The Bertz CT molecular complexity index is 446. The fourth-order valence-corrected chi connectivity index (χ4v) is 2.82. The number of hydrogen-bond donors (Lipinski definition) is 2. The number of carbonyl (C=O) groups is 2. The molecule has 1 fully saturated rings. The highest BCUT2D eigenvalue weighted by Crippen LogP contribution is 2.26. The zero-order valence-electron chi connectivity index (χ0n) is 9.33. The lowest BCUT2D eigenvalue weighted by molar-refractivity contribution is -0.126. The highest BCUT2D eigenvalue weighted by Gasteiger charge is 2.28. The molecule has 2 amide bonds. The van der Waals surface area contributed by atoms with Crippen molar-refractivity contribution in [3.63, 3.8) is 0 Å². The third kappa shape index (κ3) is 2.98. The molecule has 4 nitrogen and oxygen atoms in total. The molecule has 1 aromatic heterocycles. The summed E-state index contributed by atoms with van der Waals surface area (Å²) < 4.78 is 0.704. The van der Waals surface area contributed by atoms with E-state index in [4.69, 9.17) is 11.6 Å². The predicted octanol–water partition coefficient (Wildman–Crippen LogP) is 1.86. The molecule has 1 aromatic rings. The minimum absolute atomic E-state index is 0.0584. The smallest absolute Gasteiger partial charge is 0.243 e. The molecule has 0 unspecified atom stereocenters. The van der Waals surface area contributed by atoms with Gasteiger partial charge < -0.3 is 10.6 Å². The second-order valence-electron chi connectivity index (χ2n) is 4.03. The van der Waals surface area contributed by atoms with Crippen LogP contribution in [0, 0.1) is 0 Å². The molecule has 2 heterocycles. The third-order valence-electron chi connectivity index (χ3n) is 2.69. The van der Waals surface area contributed by atoms with E-state index in [-0.39, 0.29) is 23.9 Å². The first-order valence-electron chi connectivity index (χ1n) is 5.41. The van der Waals surface area contributed by atoms with E-state index in [2.05, 4.69) is 10.6 Å². The van der Waals surface area contributed by atoms with Crippen LogP contribution in [0.4, 0.5) is 0 Å². The van der Waals surface area contributed by atoms with E-state index >= 15 is 0 Å². The number of nitrogens with one attached hydrogen (secondary N) is 2. The lowest BCUT2D eigenvalue weighted by Gasteiger charge is -2.15. The van der Waals surface area contributed by atoms with Gasteiger partial charge in [0.2, 0.25) is 11.8 Å². The van der Waals surface area contributed by atoms with Gasteiger partial charge in [-0.25, -0.2) is 0 Å². The molecule has 0 radical (unpaired) electrons. The van der Waals surface area contributed by atoms with Gasteiger partial charge >= 0.3 is 0 Å². The van der Waals surface area contributed by atoms with Crippen LogP contribution in [0.3, 0.4) is 0 Å². The van der Waals surface area contributed by atoms with Crippen LogP contribution in [0.5, 0.6) is 0 Å². The molecular formula is C11H13ClN2O2S. The summed E-state index contributed by atoms with van der Waals surface area (Å²) in [5, 5.41) is 5.51. The van der Waals surface area contributed by atoms with Gasteiger partial charge in [-0.1, -0.05) is 11.6 Å². The summed E-state index contributed by atoms with van der Waals surface area (Å²) in [6.45, 7) is 1.90. The van der Waals surface area contributed by atoms with Crippen molar-refractivity contribution >= 4 is 34.8 Å². The van der Waals surface area contributed by atoms with Crippen molar-refractivity contribution in [2.45, 2.75) is 31.8 Å². The van der Waals surface area contributed by atoms with Crippen molar-refractivity contribution in [3.8, 4) is 0 Å². The predicted molar refractivity (Wildman–Crippen MR) is 67.1 cm³/mol. The van der Waals surface area contributed by atoms with Crippen LogP contribution in [-0.4, -0.2) is 17.9 Å². The molecule has 2 N–H and O–H groups in total. The Morgan fingerprint density at radius 2 is 2.41 bits per heavy atom. The molecule has 2 atom stereocenters. The first-order valence-corrected chi connectivity index (χ1v) is 6.60. The van der Waals surface area contributed by atoms with Gasteiger partial charge in [-0.3, -0.25) is 9.59 Å². The zero-order chi connectivity index (χ0) is 12.4. The molecule has 0 spiro atoms. The average Bonchev–Trinajstić information content (AvgIpc) is 2.87. The molecular weight excluding hydrogens is 260 g/mol. The molecule has 6 heteroatoms. The van der Waals surface area contributed by atoms with E-state index in [9.17, 15) is 9.59 Å². The highest BCUT2D eigenvalue weighted by atomic mass is 35.5. The molecule has 1 aliphatic heterocycles. The van der Waals surface area contributed by atoms with E-state index in [1.165, 1.54) is 11.3 Å². The highest BCUT2D eigenvalue weighted by molar-refractivity contribution is 7.16. The first-order chi connectivity index (χ1) is 8.06. The minimum atomic E-state index is -0.389. The SMILES string of the molecule is C[C@H](NC(=O)[C@H]1CCC(=O)N1)c1ccc(Cl)s1. The van der Waals surface area contributed by atoms with Gasteiger partial charge in [0.25, 0.3) is 0 Å². The van der Waals surface area contributed by atoms with E-state index < -0.39 is 0 Å². The summed E-state index contributed by atoms with van der Waals surface area (Å²) in [6, 6.07) is 3.23. The largest absolute Gasteiger partial charge is 0.347 e. The topological polar surface area (TPSA) is 58.2 Å². The summed E-state index contributed by atoms with van der Waals surface area (Å²) in [4.78, 5) is 23.8. The normalized spacial score (nSPS) is 21.1. The number of rotatable bonds is 3. The van der Waals surface area contributed by atoms with Gasteiger partial charge in [0.1, 0.15) is 6.04 Å². The Hall–Kier alpha value is -1.07. The summed E-state index contributed by atoms with van der Waals surface area (Å²) in [5.41, 5.74) is 0. The van der Waals surface area contributed by atoms with Crippen LogP contribution in [-0.2, 0) is 9.59 Å². The van der Waals surface area contributed by atoms with E-state index in [0.717, 1.165) is 4.88 Å². The van der Waals surface area contributed by atoms with Gasteiger partial charge in [-0.05, 0) is 25.5 Å². The van der Waals surface area contributed by atoms with E-state index in [1.807, 2.05) is 19.1 Å². The summed E-state index contributed by atoms with van der Waals surface area (Å²) in [5.74, 6) is -0.190. The van der Waals surface area contributed by atoms with Gasteiger partial charge in [0.15, 0.2) is 0 Å². The standard InChI is InChI=1S/C11H13ClN2O2S/c1-6(8-3-4-9(12)17-8)13-11(16)7-2-5-10(15)14-7/h3-4,6-7H,2,5H2,1H3,(H,13,16)(H,14,15)/t6-,7+/m0/s1. The molecule has 0 aliphatic carbocycles. The Balaban J connectivity index is 1.92. The minimum Gasteiger partial charge on any atom is -0.347 e. The van der Waals surface area contributed by atoms with Crippen LogP contribution in [0.1, 0.15) is 30.7 Å². The number of amides is 2. The summed E-state index contributed by atoms with van der Waals surface area (Å²) in [6.07, 6.45) is 1.000.